The lowest BCUT2D eigenvalue weighted by molar-refractivity contribution is 0.667. The van der Waals surface area contributed by atoms with E-state index in [0.29, 0.717) is 11.6 Å². The van der Waals surface area contributed by atoms with Crippen LogP contribution in [-0.2, 0) is 6.54 Å². The van der Waals surface area contributed by atoms with E-state index in [2.05, 4.69) is 9.55 Å². The van der Waals surface area contributed by atoms with E-state index in [-0.39, 0.29) is 0 Å². The Morgan fingerprint density at radius 2 is 2.10 bits per heavy atom. The smallest absolute Gasteiger partial charge is 0.160 e. The molecular formula is C16H17ClN4. The number of nitrogens with two attached hydrogens (primary N) is 1. The molecule has 3 rings (SSSR count). The van der Waals surface area contributed by atoms with Crippen molar-refractivity contribution in [1.29, 1.82) is 0 Å². The lowest BCUT2D eigenvalue weighted by Crippen LogP contribution is -2.07. The Hall–Kier alpha value is -1.91. The molecule has 108 valence electrons. The van der Waals surface area contributed by atoms with Gasteiger partial charge in [0.2, 0.25) is 0 Å². The lowest BCUT2D eigenvalue weighted by Gasteiger charge is -2.09. The minimum Gasteiger partial charge on any atom is -0.330 e. The molecule has 0 aliphatic heterocycles. The van der Waals surface area contributed by atoms with Gasteiger partial charge in [-0.1, -0.05) is 23.7 Å². The second-order valence-corrected chi connectivity index (χ2v) is 5.47. The molecule has 0 fully saturated rings. The third-order valence-electron chi connectivity index (χ3n) is 3.42. The average molecular weight is 301 g/mol. The monoisotopic (exact) mass is 300 g/mol. The zero-order valence-electron chi connectivity index (χ0n) is 11.9. The maximum atomic E-state index is 6.33. The van der Waals surface area contributed by atoms with E-state index in [0.717, 1.165) is 41.1 Å². The van der Waals surface area contributed by atoms with Crippen LogP contribution in [0, 0.1) is 6.92 Å². The highest BCUT2D eigenvalue weighted by molar-refractivity contribution is 6.33. The van der Waals surface area contributed by atoms with Crippen molar-refractivity contribution in [1.82, 2.24) is 14.5 Å². The normalized spacial score (nSPS) is 11.2. The highest BCUT2D eigenvalue weighted by atomic mass is 35.5. The molecule has 3 aromatic rings. The average Bonchev–Trinajstić information content (AvgIpc) is 2.83. The van der Waals surface area contributed by atoms with Gasteiger partial charge in [-0.3, -0.25) is 0 Å². The molecular weight excluding hydrogens is 284 g/mol. The van der Waals surface area contributed by atoms with Crippen LogP contribution in [0.4, 0.5) is 0 Å². The first-order valence-electron chi connectivity index (χ1n) is 6.98. The molecule has 2 aromatic heterocycles. The summed E-state index contributed by atoms with van der Waals surface area (Å²) in [6.45, 7) is 3.43. The van der Waals surface area contributed by atoms with Crippen LogP contribution in [0.5, 0.6) is 0 Å². The molecule has 0 unspecified atom stereocenters. The molecule has 2 N–H and O–H groups in total. The van der Waals surface area contributed by atoms with Crippen LogP contribution < -0.4 is 5.73 Å². The summed E-state index contributed by atoms with van der Waals surface area (Å²) >= 11 is 6.33. The molecule has 4 nitrogen and oxygen atoms in total. The quantitative estimate of drug-likeness (QED) is 0.803. The van der Waals surface area contributed by atoms with Crippen LogP contribution >= 0.6 is 11.6 Å². The predicted octanol–water partition coefficient (Wildman–Crippen LogP) is 3.41. The Labute approximate surface area is 128 Å². The summed E-state index contributed by atoms with van der Waals surface area (Å²) in [5.41, 5.74) is 9.44. The molecule has 21 heavy (non-hydrogen) atoms. The van der Waals surface area contributed by atoms with Gasteiger partial charge < -0.3 is 10.3 Å². The molecule has 0 spiro atoms. The van der Waals surface area contributed by atoms with Gasteiger partial charge in [-0.05, 0) is 43.7 Å². The second kappa shape index (κ2) is 5.84. The van der Waals surface area contributed by atoms with E-state index in [1.807, 2.05) is 43.5 Å². The number of pyridine rings is 1. The van der Waals surface area contributed by atoms with Gasteiger partial charge in [0, 0.05) is 18.3 Å². The number of benzene rings is 1. The van der Waals surface area contributed by atoms with Crippen molar-refractivity contribution in [3.8, 4) is 11.4 Å². The molecule has 0 saturated carbocycles. The zero-order chi connectivity index (χ0) is 14.8. The summed E-state index contributed by atoms with van der Waals surface area (Å²) in [5, 5.41) is 0.693. The van der Waals surface area contributed by atoms with Gasteiger partial charge in [-0.15, -0.1) is 0 Å². The molecule has 0 atom stereocenters. The number of nitrogens with zero attached hydrogens (tertiary/aromatic N) is 3. The van der Waals surface area contributed by atoms with E-state index in [1.54, 1.807) is 0 Å². The van der Waals surface area contributed by atoms with E-state index in [9.17, 15) is 0 Å². The largest absolute Gasteiger partial charge is 0.330 e. The topological polar surface area (TPSA) is 56.7 Å². The van der Waals surface area contributed by atoms with Gasteiger partial charge in [0.1, 0.15) is 11.3 Å². The summed E-state index contributed by atoms with van der Waals surface area (Å²) in [7, 11) is 0. The van der Waals surface area contributed by atoms with Gasteiger partial charge in [0.05, 0.1) is 5.02 Å². The van der Waals surface area contributed by atoms with Crippen molar-refractivity contribution in [2.24, 2.45) is 5.73 Å². The first-order chi connectivity index (χ1) is 10.2. The third-order valence-corrected chi connectivity index (χ3v) is 3.75. The minimum absolute atomic E-state index is 0.632. The molecule has 0 aliphatic carbocycles. The number of aromatic nitrogens is 3. The Morgan fingerprint density at radius 1 is 1.29 bits per heavy atom. The van der Waals surface area contributed by atoms with Crippen molar-refractivity contribution in [3.63, 3.8) is 0 Å². The molecule has 0 amide bonds. The number of aryl methyl sites for hydroxylation is 2. The Bertz CT molecular complexity index is 779. The van der Waals surface area contributed by atoms with Crippen LogP contribution in [0.3, 0.4) is 0 Å². The van der Waals surface area contributed by atoms with Crippen molar-refractivity contribution in [2.45, 2.75) is 19.9 Å². The number of fused-ring (bicyclic) bond motifs is 1. The first-order valence-corrected chi connectivity index (χ1v) is 7.36. The first kappa shape index (κ1) is 14.0. The van der Waals surface area contributed by atoms with E-state index >= 15 is 0 Å². The fraction of sp³-hybridized carbons (Fsp3) is 0.250. The third kappa shape index (κ3) is 2.64. The van der Waals surface area contributed by atoms with Crippen molar-refractivity contribution < 1.29 is 0 Å². The number of hydrogen-bond donors (Lipinski definition) is 1. The Balaban J connectivity index is 2.23. The van der Waals surface area contributed by atoms with Crippen LogP contribution in [-0.4, -0.2) is 21.1 Å². The standard InChI is InChI=1S/C16H17ClN4/c1-11-9-14-16(19-10-11)21(8-4-7-18)15(20-14)12-5-2-3-6-13(12)17/h2-3,5-6,9-10H,4,7-8,18H2,1H3. The summed E-state index contributed by atoms with van der Waals surface area (Å²) in [4.78, 5) is 9.26. The summed E-state index contributed by atoms with van der Waals surface area (Å²) < 4.78 is 2.10. The zero-order valence-corrected chi connectivity index (χ0v) is 12.6. The summed E-state index contributed by atoms with van der Waals surface area (Å²) in [6.07, 6.45) is 2.73. The fourth-order valence-electron chi connectivity index (χ4n) is 2.42. The van der Waals surface area contributed by atoms with Crippen LogP contribution in [0.2, 0.25) is 5.02 Å². The van der Waals surface area contributed by atoms with Crippen LogP contribution in [0.25, 0.3) is 22.6 Å². The summed E-state index contributed by atoms with van der Waals surface area (Å²) in [5.74, 6) is 0.849. The second-order valence-electron chi connectivity index (χ2n) is 5.06. The number of imidazole rings is 1. The SMILES string of the molecule is Cc1cnc2c(c1)nc(-c1ccccc1Cl)n2CCCN. The lowest BCUT2D eigenvalue weighted by atomic mass is 10.2. The van der Waals surface area contributed by atoms with Gasteiger partial charge in [-0.2, -0.15) is 0 Å². The highest BCUT2D eigenvalue weighted by Crippen LogP contribution is 2.29. The van der Waals surface area contributed by atoms with E-state index in [1.165, 1.54) is 0 Å². The van der Waals surface area contributed by atoms with Crippen LogP contribution in [0.15, 0.2) is 36.5 Å². The maximum absolute atomic E-state index is 6.33. The summed E-state index contributed by atoms with van der Waals surface area (Å²) in [6, 6.07) is 9.78. The van der Waals surface area contributed by atoms with Gasteiger partial charge in [0.15, 0.2) is 5.65 Å². The maximum Gasteiger partial charge on any atom is 0.160 e. The fourth-order valence-corrected chi connectivity index (χ4v) is 2.64. The number of rotatable bonds is 4. The van der Waals surface area contributed by atoms with Crippen molar-refractivity contribution in [3.05, 3.63) is 47.1 Å². The molecule has 2 heterocycles. The van der Waals surface area contributed by atoms with E-state index in [4.69, 9.17) is 22.3 Å². The molecule has 0 aliphatic rings. The predicted molar refractivity (Wildman–Crippen MR) is 86.4 cm³/mol. The van der Waals surface area contributed by atoms with Gasteiger partial charge in [-0.25, -0.2) is 9.97 Å². The molecule has 0 bridgehead atoms. The molecule has 5 heteroatoms. The van der Waals surface area contributed by atoms with Gasteiger partial charge >= 0.3 is 0 Å². The number of hydrogen-bond acceptors (Lipinski definition) is 3. The molecule has 0 radical (unpaired) electrons. The van der Waals surface area contributed by atoms with Crippen molar-refractivity contribution >= 4 is 22.8 Å². The van der Waals surface area contributed by atoms with E-state index < -0.39 is 0 Å². The van der Waals surface area contributed by atoms with Crippen LogP contribution in [0.1, 0.15) is 12.0 Å². The molecule has 1 aromatic carbocycles. The van der Waals surface area contributed by atoms with Gasteiger partial charge in [0.25, 0.3) is 0 Å². The highest BCUT2D eigenvalue weighted by Gasteiger charge is 2.15. The Kier molecular flexibility index (Phi) is 3.90. The van der Waals surface area contributed by atoms with Crippen molar-refractivity contribution in [2.75, 3.05) is 6.54 Å². The molecule has 0 saturated heterocycles. The number of halogens is 1. The Morgan fingerprint density at radius 3 is 2.86 bits per heavy atom. The minimum atomic E-state index is 0.632.